The first-order valence-electron chi connectivity index (χ1n) is 8.95. The minimum atomic E-state index is -0.0845. The highest BCUT2D eigenvalue weighted by Gasteiger charge is 2.29. The summed E-state index contributed by atoms with van der Waals surface area (Å²) in [6, 6.07) is 9.49. The van der Waals surface area contributed by atoms with Crippen molar-refractivity contribution in [2.75, 3.05) is 13.2 Å². The van der Waals surface area contributed by atoms with E-state index in [0.29, 0.717) is 38.5 Å². The van der Waals surface area contributed by atoms with E-state index >= 15 is 0 Å². The molecule has 0 saturated heterocycles. The van der Waals surface area contributed by atoms with Gasteiger partial charge in [0, 0.05) is 37.5 Å². The number of nitrogens with zero attached hydrogens (tertiary/aromatic N) is 4. The number of hydrogen-bond donors (Lipinski definition) is 0. The molecule has 3 aromatic rings. The molecular formula is C19H22N4O3. The van der Waals surface area contributed by atoms with Gasteiger partial charge in [-0.15, -0.1) is 10.2 Å². The van der Waals surface area contributed by atoms with Gasteiger partial charge in [0.1, 0.15) is 18.0 Å². The fourth-order valence-corrected chi connectivity index (χ4v) is 3.41. The van der Waals surface area contributed by atoms with Crippen LogP contribution in [0.3, 0.4) is 0 Å². The summed E-state index contributed by atoms with van der Waals surface area (Å²) in [5, 5.41) is 9.47. The van der Waals surface area contributed by atoms with E-state index in [0.717, 1.165) is 22.6 Å². The number of ether oxygens (including phenoxy) is 1. The largest absolute Gasteiger partial charge is 0.451 e. The van der Waals surface area contributed by atoms with Gasteiger partial charge < -0.3 is 18.6 Å². The number of para-hydroxylation sites is 1. The Morgan fingerprint density at radius 2 is 2.15 bits per heavy atom. The molecule has 136 valence electrons. The number of rotatable bonds is 4. The Bertz CT molecular complexity index is 897. The maximum atomic E-state index is 13.0. The van der Waals surface area contributed by atoms with Crippen LogP contribution in [0.4, 0.5) is 0 Å². The van der Waals surface area contributed by atoms with E-state index in [1.165, 1.54) is 0 Å². The molecule has 7 nitrogen and oxygen atoms in total. The van der Waals surface area contributed by atoms with Crippen LogP contribution in [-0.4, -0.2) is 44.8 Å². The topological polar surface area (TPSA) is 73.4 Å². The van der Waals surface area contributed by atoms with Gasteiger partial charge in [-0.1, -0.05) is 18.2 Å². The standard InChI is InChI=1S/C19H22N4O3/c1-3-25-12-18-21-20-17-10-13(2)22(8-9-23(17)18)19(24)16-11-14-6-4-5-7-15(14)26-16/h4-7,11,13H,3,8-10,12H2,1-2H3/t13-/m1/s1. The molecular weight excluding hydrogens is 332 g/mol. The molecule has 0 bridgehead atoms. The number of carbonyl (C=O) groups is 1. The number of furan rings is 1. The smallest absolute Gasteiger partial charge is 0.289 e. The molecule has 1 aromatic carbocycles. The van der Waals surface area contributed by atoms with Gasteiger partial charge >= 0.3 is 0 Å². The maximum absolute atomic E-state index is 13.0. The fourth-order valence-electron chi connectivity index (χ4n) is 3.41. The fraction of sp³-hybridized carbons (Fsp3) is 0.421. The van der Waals surface area contributed by atoms with E-state index in [2.05, 4.69) is 14.8 Å². The van der Waals surface area contributed by atoms with E-state index < -0.39 is 0 Å². The highest BCUT2D eigenvalue weighted by atomic mass is 16.5. The van der Waals surface area contributed by atoms with Crippen molar-refractivity contribution in [1.82, 2.24) is 19.7 Å². The van der Waals surface area contributed by atoms with Gasteiger partial charge in [-0.2, -0.15) is 0 Å². The summed E-state index contributed by atoms with van der Waals surface area (Å²) in [5.74, 6) is 2.00. The van der Waals surface area contributed by atoms with Crippen LogP contribution < -0.4 is 0 Å². The van der Waals surface area contributed by atoms with Gasteiger partial charge in [0.2, 0.25) is 0 Å². The minimum Gasteiger partial charge on any atom is -0.451 e. The lowest BCUT2D eigenvalue weighted by Gasteiger charge is -2.25. The van der Waals surface area contributed by atoms with Crippen molar-refractivity contribution in [3.8, 4) is 0 Å². The third-order valence-electron chi connectivity index (χ3n) is 4.81. The number of fused-ring (bicyclic) bond motifs is 2. The summed E-state index contributed by atoms with van der Waals surface area (Å²) in [6.45, 7) is 6.30. The average molecular weight is 354 g/mol. The first-order chi connectivity index (χ1) is 12.7. The van der Waals surface area contributed by atoms with Crippen LogP contribution in [0.5, 0.6) is 0 Å². The molecule has 3 heterocycles. The molecule has 2 aromatic heterocycles. The van der Waals surface area contributed by atoms with Crippen molar-refractivity contribution in [3.05, 3.63) is 47.7 Å². The van der Waals surface area contributed by atoms with E-state index in [1.807, 2.05) is 49.1 Å². The van der Waals surface area contributed by atoms with Crippen LogP contribution in [0.25, 0.3) is 11.0 Å². The number of carbonyl (C=O) groups excluding carboxylic acids is 1. The lowest BCUT2D eigenvalue weighted by atomic mass is 10.2. The predicted molar refractivity (Wildman–Crippen MR) is 95.8 cm³/mol. The zero-order valence-electron chi connectivity index (χ0n) is 15.0. The molecule has 0 aliphatic carbocycles. The molecule has 0 N–H and O–H groups in total. The van der Waals surface area contributed by atoms with Crippen LogP contribution in [-0.2, 0) is 24.3 Å². The van der Waals surface area contributed by atoms with Gasteiger partial charge in [-0.05, 0) is 26.0 Å². The molecule has 0 radical (unpaired) electrons. The first kappa shape index (κ1) is 16.8. The molecule has 4 rings (SSSR count). The molecule has 1 aliphatic heterocycles. The van der Waals surface area contributed by atoms with Crippen molar-refractivity contribution < 1.29 is 13.9 Å². The zero-order valence-corrected chi connectivity index (χ0v) is 15.0. The quantitative estimate of drug-likeness (QED) is 0.720. The summed E-state index contributed by atoms with van der Waals surface area (Å²) >= 11 is 0. The first-order valence-corrected chi connectivity index (χ1v) is 8.95. The number of aromatic nitrogens is 3. The Morgan fingerprint density at radius 3 is 2.96 bits per heavy atom. The molecule has 1 atom stereocenters. The molecule has 0 unspecified atom stereocenters. The molecule has 7 heteroatoms. The Hall–Kier alpha value is -2.67. The highest BCUT2D eigenvalue weighted by molar-refractivity contribution is 5.96. The van der Waals surface area contributed by atoms with Crippen molar-refractivity contribution in [2.45, 2.75) is 39.5 Å². The number of hydrogen-bond acceptors (Lipinski definition) is 5. The van der Waals surface area contributed by atoms with Crippen LogP contribution in [0.2, 0.25) is 0 Å². The van der Waals surface area contributed by atoms with Crippen LogP contribution in [0.1, 0.15) is 36.1 Å². The summed E-state index contributed by atoms with van der Waals surface area (Å²) in [6.07, 6.45) is 0.658. The molecule has 0 saturated carbocycles. The zero-order chi connectivity index (χ0) is 18.1. The van der Waals surface area contributed by atoms with E-state index in [4.69, 9.17) is 9.15 Å². The van der Waals surface area contributed by atoms with Crippen LogP contribution in [0, 0.1) is 0 Å². The van der Waals surface area contributed by atoms with Crippen LogP contribution >= 0.6 is 0 Å². The average Bonchev–Trinajstić information content (AvgIpc) is 3.20. The van der Waals surface area contributed by atoms with E-state index in [9.17, 15) is 4.79 Å². The lowest BCUT2D eigenvalue weighted by Crippen LogP contribution is -2.40. The Balaban J connectivity index is 1.56. The number of amides is 1. The van der Waals surface area contributed by atoms with E-state index in [1.54, 1.807) is 0 Å². The summed E-state index contributed by atoms with van der Waals surface area (Å²) in [5.41, 5.74) is 0.731. The van der Waals surface area contributed by atoms with Gasteiger partial charge in [-0.3, -0.25) is 4.79 Å². The molecule has 1 amide bonds. The maximum Gasteiger partial charge on any atom is 0.289 e. The summed E-state index contributed by atoms with van der Waals surface area (Å²) in [4.78, 5) is 14.9. The van der Waals surface area contributed by atoms with Crippen molar-refractivity contribution in [1.29, 1.82) is 0 Å². The monoisotopic (exact) mass is 354 g/mol. The van der Waals surface area contributed by atoms with Crippen molar-refractivity contribution >= 4 is 16.9 Å². The van der Waals surface area contributed by atoms with Crippen molar-refractivity contribution in [2.24, 2.45) is 0 Å². The minimum absolute atomic E-state index is 0.0149. The molecule has 0 fully saturated rings. The second kappa shape index (κ2) is 6.92. The lowest BCUT2D eigenvalue weighted by molar-refractivity contribution is 0.0664. The Kier molecular flexibility index (Phi) is 4.46. The van der Waals surface area contributed by atoms with Crippen LogP contribution in [0.15, 0.2) is 34.7 Å². The Labute approximate surface area is 151 Å². The summed E-state index contributed by atoms with van der Waals surface area (Å²) < 4.78 is 13.3. The normalized spacial score (nSPS) is 17.3. The number of benzene rings is 1. The predicted octanol–water partition coefficient (Wildman–Crippen LogP) is 2.65. The molecule has 26 heavy (non-hydrogen) atoms. The van der Waals surface area contributed by atoms with Gasteiger partial charge in [-0.25, -0.2) is 0 Å². The SMILES string of the molecule is CCOCc1nnc2n1CCN(C(=O)c1cc3ccccc3o1)[C@H](C)C2. The highest BCUT2D eigenvalue weighted by Crippen LogP contribution is 2.23. The van der Waals surface area contributed by atoms with Gasteiger partial charge in [0.25, 0.3) is 5.91 Å². The second-order valence-corrected chi connectivity index (χ2v) is 6.52. The van der Waals surface area contributed by atoms with E-state index in [-0.39, 0.29) is 11.9 Å². The summed E-state index contributed by atoms with van der Waals surface area (Å²) in [7, 11) is 0. The molecule has 0 spiro atoms. The van der Waals surface area contributed by atoms with Gasteiger partial charge in [0.15, 0.2) is 11.6 Å². The Morgan fingerprint density at radius 1 is 1.31 bits per heavy atom. The molecule has 1 aliphatic rings. The van der Waals surface area contributed by atoms with Gasteiger partial charge in [0.05, 0.1) is 0 Å². The third kappa shape index (κ3) is 2.99. The second-order valence-electron chi connectivity index (χ2n) is 6.52. The third-order valence-corrected chi connectivity index (χ3v) is 4.81. The van der Waals surface area contributed by atoms with Crippen molar-refractivity contribution in [3.63, 3.8) is 0 Å².